The molecule has 1 saturated heterocycles. The Labute approximate surface area is 145 Å². The third kappa shape index (κ3) is 4.09. The van der Waals surface area contributed by atoms with Gasteiger partial charge in [-0.1, -0.05) is 5.16 Å². The quantitative estimate of drug-likeness (QED) is 0.867. The van der Waals surface area contributed by atoms with Crippen molar-refractivity contribution in [3.05, 3.63) is 36.1 Å². The summed E-state index contributed by atoms with van der Waals surface area (Å²) >= 11 is 0. The van der Waals surface area contributed by atoms with Crippen molar-refractivity contribution >= 4 is 23.4 Å². The first-order valence-corrected chi connectivity index (χ1v) is 8.09. The highest BCUT2D eigenvalue weighted by Gasteiger charge is 2.31. The predicted molar refractivity (Wildman–Crippen MR) is 91.8 cm³/mol. The summed E-state index contributed by atoms with van der Waals surface area (Å²) in [4.78, 5) is 25.9. The number of carbonyl (C=O) groups is 2. The molecule has 3 rings (SSSR count). The molecule has 1 aliphatic rings. The zero-order valence-electron chi connectivity index (χ0n) is 14.1. The summed E-state index contributed by atoms with van der Waals surface area (Å²) in [5.41, 5.74) is 0.783. The summed E-state index contributed by atoms with van der Waals surface area (Å²) in [6.07, 6.45) is 0.248. The van der Waals surface area contributed by atoms with Gasteiger partial charge in [-0.15, -0.1) is 0 Å². The van der Waals surface area contributed by atoms with E-state index in [2.05, 4.69) is 15.8 Å². The Morgan fingerprint density at radius 1 is 1.40 bits per heavy atom. The minimum absolute atomic E-state index is 0.0354. The SMILES string of the molecule is CCOc1ccc(N2C[C@H](NC(=O)Nc3cc(C)on3)CC2=O)cc1. The molecule has 0 saturated carbocycles. The van der Waals surface area contributed by atoms with Gasteiger partial charge in [0.05, 0.1) is 12.6 Å². The number of nitrogens with zero attached hydrogens (tertiary/aromatic N) is 2. The molecule has 0 aliphatic carbocycles. The molecule has 1 aliphatic heterocycles. The molecule has 0 spiro atoms. The van der Waals surface area contributed by atoms with Gasteiger partial charge in [0.1, 0.15) is 11.5 Å². The molecule has 8 heteroatoms. The lowest BCUT2D eigenvalue weighted by Gasteiger charge is -2.17. The van der Waals surface area contributed by atoms with Gasteiger partial charge >= 0.3 is 6.03 Å². The molecular formula is C17H20N4O4. The maximum Gasteiger partial charge on any atom is 0.320 e. The Hall–Kier alpha value is -3.03. The van der Waals surface area contributed by atoms with E-state index in [4.69, 9.17) is 9.26 Å². The van der Waals surface area contributed by atoms with E-state index in [9.17, 15) is 9.59 Å². The lowest BCUT2D eigenvalue weighted by molar-refractivity contribution is -0.117. The van der Waals surface area contributed by atoms with Gasteiger partial charge in [-0.05, 0) is 38.1 Å². The van der Waals surface area contributed by atoms with Crippen LogP contribution in [-0.4, -0.2) is 36.3 Å². The smallest absolute Gasteiger partial charge is 0.320 e. The molecule has 8 nitrogen and oxygen atoms in total. The van der Waals surface area contributed by atoms with Crippen molar-refractivity contribution in [1.29, 1.82) is 0 Å². The maximum atomic E-state index is 12.2. The number of rotatable bonds is 5. The summed E-state index contributed by atoms with van der Waals surface area (Å²) in [7, 11) is 0. The second-order valence-electron chi connectivity index (χ2n) is 5.75. The molecule has 2 N–H and O–H groups in total. The van der Waals surface area contributed by atoms with Gasteiger partial charge in [-0.25, -0.2) is 4.79 Å². The molecule has 1 aromatic heterocycles. The molecular weight excluding hydrogens is 324 g/mol. The van der Waals surface area contributed by atoms with Gasteiger partial charge in [-0.2, -0.15) is 0 Å². The largest absolute Gasteiger partial charge is 0.494 e. The van der Waals surface area contributed by atoms with E-state index in [1.165, 1.54) is 0 Å². The number of anilines is 2. The number of benzene rings is 1. The third-order valence-electron chi connectivity index (χ3n) is 3.79. The minimum atomic E-state index is -0.417. The maximum absolute atomic E-state index is 12.2. The van der Waals surface area contributed by atoms with Gasteiger partial charge in [0.15, 0.2) is 5.82 Å². The van der Waals surface area contributed by atoms with E-state index in [0.717, 1.165) is 11.4 Å². The lowest BCUT2D eigenvalue weighted by Crippen LogP contribution is -2.39. The van der Waals surface area contributed by atoms with E-state index in [0.29, 0.717) is 24.7 Å². The Morgan fingerprint density at radius 2 is 2.16 bits per heavy atom. The van der Waals surface area contributed by atoms with Crippen molar-refractivity contribution in [1.82, 2.24) is 10.5 Å². The molecule has 0 radical (unpaired) electrons. The van der Waals surface area contributed by atoms with E-state index < -0.39 is 6.03 Å². The first kappa shape index (κ1) is 16.8. The summed E-state index contributed by atoms with van der Waals surface area (Å²) in [5, 5.41) is 9.05. The topological polar surface area (TPSA) is 96.7 Å². The number of ether oxygens (including phenoxy) is 1. The van der Waals surface area contributed by atoms with E-state index in [1.54, 1.807) is 17.9 Å². The number of aromatic nitrogens is 1. The van der Waals surface area contributed by atoms with Crippen LogP contribution in [0.25, 0.3) is 0 Å². The highest BCUT2D eigenvalue weighted by Crippen LogP contribution is 2.24. The molecule has 2 heterocycles. The zero-order chi connectivity index (χ0) is 17.8. The number of carbonyl (C=O) groups excluding carboxylic acids is 2. The molecule has 1 atom stereocenters. The molecule has 3 amide bonds. The summed E-state index contributed by atoms with van der Waals surface area (Å²) in [5.74, 6) is 1.66. The van der Waals surface area contributed by atoms with Gasteiger partial charge in [0.2, 0.25) is 5.91 Å². The summed E-state index contributed by atoms with van der Waals surface area (Å²) < 4.78 is 10.3. The van der Waals surface area contributed by atoms with Crippen LogP contribution in [0.5, 0.6) is 5.75 Å². The van der Waals surface area contributed by atoms with Gasteiger partial charge in [-0.3, -0.25) is 10.1 Å². The van der Waals surface area contributed by atoms with Crippen LogP contribution in [0.15, 0.2) is 34.9 Å². The van der Waals surface area contributed by atoms with Crippen LogP contribution in [0.3, 0.4) is 0 Å². The number of hydrogen-bond acceptors (Lipinski definition) is 5. The minimum Gasteiger partial charge on any atom is -0.494 e. The first-order valence-electron chi connectivity index (χ1n) is 8.09. The fourth-order valence-corrected chi connectivity index (χ4v) is 2.71. The van der Waals surface area contributed by atoms with E-state index >= 15 is 0 Å². The van der Waals surface area contributed by atoms with Crippen LogP contribution < -0.4 is 20.3 Å². The molecule has 0 bridgehead atoms. The highest BCUT2D eigenvalue weighted by molar-refractivity contribution is 5.97. The van der Waals surface area contributed by atoms with E-state index in [1.807, 2.05) is 31.2 Å². The third-order valence-corrected chi connectivity index (χ3v) is 3.79. The number of amides is 3. The van der Waals surface area contributed by atoms with Crippen molar-refractivity contribution in [3.63, 3.8) is 0 Å². The molecule has 132 valence electrons. The van der Waals surface area contributed by atoms with E-state index in [-0.39, 0.29) is 18.4 Å². The van der Waals surface area contributed by atoms with Crippen LogP contribution in [0, 0.1) is 6.92 Å². The van der Waals surface area contributed by atoms with Crippen LogP contribution in [0.1, 0.15) is 19.1 Å². The Morgan fingerprint density at radius 3 is 2.80 bits per heavy atom. The van der Waals surface area contributed by atoms with Crippen molar-refractivity contribution in [3.8, 4) is 5.75 Å². The predicted octanol–water partition coefficient (Wildman–Crippen LogP) is 2.31. The number of urea groups is 1. The number of hydrogen-bond donors (Lipinski definition) is 2. The van der Waals surface area contributed by atoms with Gasteiger partial charge in [0.25, 0.3) is 0 Å². The van der Waals surface area contributed by atoms with Crippen LogP contribution in [0.4, 0.5) is 16.3 Å². The highest BCUT2D eigenvalue weighted by atomic mass is 16.5. The number of aryl methyl sites for hydroxylation is 1. The molecule has 1 fully saturated rings. The Kier molecular flexibility index (Phi) is 4.87. The summed E-state index contributed by atoms with van der Waals surface area (Å²) in [6, 6.07) is 8.25. The lowest BCUT2D eigenvalue weighted by atomic mass is 10.2. The van der Waals surface area contributed by atoms with Crippen molar-refractivity contribution in [2.24, 2.45) is 0 Å². The average molecular weight is 344 g/mol. The Balaban J connectivity index is 1.57. The second-order valence-corrected chi connectivity index (χ2v) is 5.75. The number of nitrogens with one attached hydrogen (secondary N) is 2. The first-order chi connectivity index (χ1) is 12.0. The Bertz CT molecular complexity index is 756. The van der Waals surface area contributed by atoms with Crippen LogP contribution >= 0.6 is 0 Å². The van der Waals surface area contributed by atoms with Crippen LogP contribution in [-0.2, 0) is 4.79 Å². The van der Waals surface area contributed by atoms with Crippen molar-refractivity contribution in [2.45, 2.75) is 26.3 Å². The zero-order valence-corrected chi connectivity index (χ0v) is 14.1. The molecule has 0 unspecified atom stereocenters. The monoisotopic (exact) mass is 344 g/mol. The second kappa shape index (κ2) is 7.25. The average Bonchev–Trinajstić information content (AvgIpc) is 3.14. The van der Waals surface area contributed by atoms with Gasteiger partial charge < -0.3 is 19.5 Å². The fraction of sp³-hybridized carbons (Fsp3) is 0.353. The molecule has 25 heavy (non-hydrogen) atoms. The fourth-order valence-electron chi connectivity index (χ4n) is 2.71. The summed E-state index contributed by atoms with van der Waals surface area (Å²) in [6.45, 7) is 4.66. The van der Waals surface area contributed by atoms with Crippen molar-refractivity contribution in [2.75, 3.05) is 23.4 Å². The van der Waals surface area contributed by atoms with Gasteiger partial charge in [0, 0.05) is 24.7 Å². The molecule has 2 aromatic rings. The van der Waals surface area contributed by atoms with Crippen LogP contribution in [0.2, 0.25) is 0 Å². The normalized spacial score (nSPS) is 16.8. The standard InChI is InChI=1S/C17H20N4O4/c1-3-24-14-6-4-13(5-7-14)21-10-12(9-16(21)22)18-17(23)19-15-8-11(2)25-20-15/h4-8,12H,3,9-10H2,1-2H3,(H2,18,19,20,23)/t12-/m1/s1. The van der Waals surface area contributed by atoms with Crippen molar-refractivity contribution < 1.29 is 18.8 Å². The molecule has 1 aromatic carbocycles.